The number of amides is 2. The summed E-state index contributed by atoms with van der Waals surface area (Å²) in [5.74, 6) is 0.259. The highest BCUT2D eigenvalue weighted by Gasteiger charge is 2.26. The number of aromatic amines is 1. The van der Waals surface area contributed by atoms with Crippen LogP contribution in [0.25, 0.3) is 5.57 Å². The maximum atomic E-state index is 12.8. The summed E-state index contributed by atoms with van der Waals surface area (Å²) in [5, 5.41) is 10.4. The molecule has 0 bridgehead atoms. The molecular weight excluding hydrogens is 452 g/mol. The predicted octanol–water partition coefficient (Wildman–Crippen LogP) is 5.03. The number of carbonyl (C=O) groups excluding carboxylic acids is 2. The Morgan fingerprint density at radius 3 is 2.69 bits per heavy atom. The van der Waals surface area contributed by atoms with Crippen molar-refractivity contribution in [2.75, 3.05) is 18.4 Å². The first-order valence-electron chi connectivity index (χ1n) is 12.5. The fourth-order valence-electron chi connectivity index (χ4n) is 5.07. The molecule has 8 nitrogen and oxygen atoms in total. The fraction of sp³-hybridized carbons (Fsp3) is 0.321. The number of imidazole rings is 1. The molecule has 1 saturated heterocycles. The quantitative estimate of drug-likeness (QED) is 0.427. The number of carbonyl (C=O) groups is 2. The van der Waals surface area contributed by atoms with E-state index < -0.39 is 0 Å². The van der Waals surface area contributed by atoms with Crippen molar-refractivity contribution in [3.8, 4) is 0 Å². The number of nitrogens with one attached hydrogen (secondary N) is 3. The van der Waals surface area contributed by atoms with E-state index in [1.165, 1.54) is 23.8 Å². The number of piperidine rings is 1. The van der Waals surface area contributed by atoms with E-state index >= 15 is 0 Å². The molecule has 8 heteroatoms. The zero-order valence-corrected chi connectivity index (χ0v) is 20.2. The van der Waals surface area contributed by atoms with Crippen molar-refractivity contribution < 1.29 is 9.59 Å². The van der Waals surface area contributed by atoms with E-state index in [4.69, 9.17) is 5.41 Å². The lowest BCUT2D eigenvalue weighted by Gasteiger charge is -2.32. The molecule has 0 spiro atoms. The van der Waals surface area contributed by atoms with Gasteiger partial charge in [0.25, 0.3) is 11.8 Å². The second-order valence-electron chi connectivity index (χ2n) is 9.37. The highest BCUT2D eigenvalue weighted by atomic mass is 16.2. The van der Waals surface area contributed by atoms with Crippen LogP contribution >= 0.6 is 0 Å². The van der Waals surface area contributed by atoms with Crippen LogP contribution in [0.3, 0.4) is 0 Å². The Morgan fingerprint density at radius 1 is 1.14 bits per heavy atom. The molecule has 2 aliphatic rings. The summed E-state index contributed by atoms with van der Waals surface area (Å²) in [4.78, 5) is 38.6. The third-order valence-electron chi connectivity index (χ3n) is 7.06. The molecule has 0 saturated carbocycles. The molecule has 3 aromatic rings. The normalized spacial score (nSPS) is 16.3. The first-order chi connectivity index (χ1) is 17.6. The van der Waals surface area contributed by atoms with Gasteiger partial charge in [-0.3, -0.25) is 14.6 Å². The van der Waals surface area contributed by atoms with Gasteiger partial charge < -0.3 is 20.6 Å². The minimum Gasteiger partial charge on any atom is -0.339 e. The van der Waals surface area contributed by atoms with Crippen LogP contribution in [-0.2, 0) is 0 Å². The van der Waals surface area contributed by atoms with Crippen LogP contribution in [0.15, 0.2) is 55.0 Å². The molecule has 3 heterocycles. The number of pyridine rings is 1. The molecule has 3 N–H and O–H groups in total. The summed E-state index contributed by atoms with van der Waals surface area (Å²) in [6.07, 6.45) is 14.3. The van der Waals surface area contributed by atoms with Crippen molar-refractivity contribution >= 4 is 29.3 Å². The molecule has 36 heavy (non-hydrogen) atoms. The molecule has 0 atom stereocenters. The minimum absolute atomic E-state index is 0.0387. The monoisotopic (exact) mass is 482 g/mol. The second kappa shape index (κ2) is 10.7. The molecule has 0 unspecified atom stereocenters. The van der Waals surface area contributed by atoms with Gasteiger partial charge in [0.15, 0.2) is 5.82 Å². The molecule has 2 amide bonds. The molecule has 1 aromatic carbocycles. The van der Waals surface area contributed by atoms with Crippen LogP contribution in [0.1, 0.15) is 82.2 Å². The van der Waals surface area contributed by atoms with Gasteiger partial charge >= 0.3 is 0 Å². The third kappa shape index (κ3) is 5.12. The van der Waals surface area contributed by atoms with Crippen molar-refractivity contribution in [3.63, 3.8) is 0 Å². The topological polar surface area (TPSA) is 115 Å². The van der Waals surface area contributed by atoms with Crippen LogP contribution in [0.5, 0.6) is 0 Å². The summed E-state index contributed by atoms with van der Waals surface area (Å²) >= 11 is 0. The lowest BCUT2D eigenvalue weighted by Crippen LogP contribution is -2.38. The van der Waals surface area contributed by atoms with E-state index in [-0.39, 0.29) is 17.6 Å². The van der Waals surface area contributed by atoms with Gasteiger partial charge in [0.05, 0.1) is 17.5 Å². The first kappa shape index (κ1) is 23.7. The molecule has 1 aliphatic carbocycles. The lowest BCUT2D eigenvalue weighted by atomic mass is 9.85. The van der Waals surface area contributed by atoms with Gasteiger partial charge in [-0.05, 0) is 79.8 Å². The number of benzene rings is 1. The van der Waals surface area contributed by atoms with Crippen LogP contribution < -0.4 is 5.32 Å². The summed E-state index contributed by atoms with van der Waals surface area (Å²) in [7, 11) is 0. The number of anilines is 1. The van der Waals surface area contributed by atoms with Crippen molar-refractivity contribution in [1.82, 2.24) is 19.9 Å². The molecule has 0 radical (unpaired) electrons. The molecule has 1 fully saturated rings. The average molecular weight is 483 g/mol. The van der Waals surface area contributed by atoms with Gasteiger partial charge in [0.1, 0.15) is 0 Å². The highest BCUT2D eigenvalue weighted by Crippen LogP contribution is 2.36. The first-order valence-corrected chi connectivity index (χ1v) is 12.5. The van der Waals surface area contributed by atoms with Crippen LogP contribution in [-0.4, -0.2) is 51.0 Å². The Bertz CT molecular complexity index is 1290. The van der Waals surface area contributed by atoms with E-state index in [1.54, 1.807) is 18.5 Å². The van der Waals surface area contributed by atoms with E-state index in [2.05, 4.69) is 38.5 Å². The van der Waals surface area contributed by atoms with Crippen molar-refractivity contribution in [2.24, 2.45) is 0 Å². The number of aromatic nitrogens is 3. The van der Waals surface area contributed by atoms with Crippen molar-refractivity contribution in [3.05, 3.63) is 83.2 Å². The Hall–Kier alpha value is -4.07. The predicted molar refractivity (Wildman–Crippen MR) is 139 cm³/mol. The largest absolute Gasteiger partial charge is 0.339 e. The highest BCUT2D eigenvalue weighted by molar-refractivity contribution is 6.03. The summed E-state index contributed by atoms with van der Waals surface area (Å²) in [6.45, 7) is 1.42. The number of hydrogen-bond acceptors (Lipinski definition) is 5. The Balaban J connectivity index is 1.34. The lowest BCUT2D eigenvalue weighted by molar-refractivity contribution is 0.0712. The van der Waals surface area contributed by atoms with Crippen LogP contribution in [0.2, 0.25) is 0 Å². The zero-order chi connectivity index (χ0) is 24.9. The molecule has 184 valence electrons. The van der Waals surface area contributed by atoms with E-state index in [1.807, 2.05) is 17.0 Å². The maximum Gasteiger partial charge on any atom is 0.291 e. The smallest absolute Gasteiger partial charge is 0.291 e. The van der Waals surface area contributed by atoms with E-state index in [9.17, 15) is 9.59 Å². The number of hydrogen-bond donors (Lipinski definition) is 3. The van der Waals surface area contributed by atoms with Gasteiger partial charge in [-0.1, -0.05) is 12.1 Å². The molecular formula is C28H30N6O2. The van der Waals surface area contributed by atoms with Gasteiger partial charge in [0, 0.05) is 42.9 Å². The van der Waals surface area contributed by atoms with Gasteiger partial charge in [-0.2, -0.15) is 0 Å². The number of rotatable bonds is 6. The van der Waals surface area contributed by atoms with E-state index in [0.29, 0.717) is 30.3 Å². The molecule has 2 aromatic heterocycles. The van der Waals surface area contributed by atoms with Crippen LogP contribution in [0, 0.1) is 5.41 Å². The van der Waals surface area contributed by atoms with Gasteiger partial charge in [0.2, 0.25) is 0 Å². The zero-order valence-electron chi connectivity index (χ0n) is 20.2. The third-order valence-corrected chi connectivity index (χ3v) is 7.06. The number of H-pyrrole nitrogens is 1. The summed E-state index contributed by atoms with van der Waals surface area (Å²) < 4.78 is 0. The summed E-state index contributed by atoms with van der Waals surface area (Å²) in [6, 6.07) is 9.91. The van der Waals surface area contributed by atoms with E-state index in [0.717, 1.165) is 49.6 Å². The number of allylic oxidation sites excluding steroid dienone is 2. The fourth-order valence-corrected chi connectivity index (χ4v) is 5.07. The second-order valence-corrected chi connectivity index (χ2v) is 9.37. The van der Waals surface area contributed by atoms with Crippen LogP contribution in [0.4, 0.5) is 5.69 Å². The SMILES string of the molecule is N=Cc1cnc(C(=O)Nc2ccc(C3CCN(C(=O)c4cccnc4)CC3)cc2C2=CCCCC2)[nH]1. The number of nitrogens with zero attached hydrogens (tertiary/aromatic N) is 3. The average Bonchev–Trinajstić information content (AvgIpc) is 3.44. The van der Waals surface area contributed by atoms with Gasteiger partial charge in [-0.25, -0.2) is 4.98 Å². The Kier molecular flexibility index (Phi) is 7.02. The van der Waals surface area contributed by atoms with Crippen molar-refractivity contribution in [1.29, 1.82) is 5.41 Å². The standard InChI is InChI=1S/C28H30N6O2/c29-16-23-18-31-26(32-23)27(35)33-25-9-8-21(15-24(25)20-5-2-1-3-6-20)19-10-13-34(14-11-19)28(36)22-7-4-12-30-17-22/h4-5,7-9,12,15-19,29H,1-3,6,10-11,13-14H2,(H,31,32)(H,33,35). The summed E-state index contributed by atoms with van der Waals surface area (Å²) in [5.41, 5.74) is 5.46. The number of likely N-dealkylation sites (tertiary alicyclic amines) is 1. The molecule has 1 aliphatic heterocycles. The van der Waals surface area contributed by atoms with Gasteiger partial charge in [-0.15, -0.1) is 0 Å². The van der Waals surface area contributed by atoms with Crippen molar-refractivity contribution in [2.45, 2.75) is 44.4 Å². The minimum atomic E-state index is -0.323. The molecule has 5 rings (SSSR count). The Morgan fingerprint density at radius 2 is 2.00 bits per heavy atom. The maximum absolute atomic E-state index is 12.8. The Labute approximate surface area is 210 Å².